The topological polar surface area (TPSA) is 160 Å². The summed E-state index contributed by atoms with van der Waals surface area (Å²) >= 11 is 0. The molecule has 0 radical (unpaired) electrons. The zero-order chi connectivity index (χ0) is 21.4. The summed E-state index contributed by atoms with van der Waals surface area (Å²) in [6, 6.07) is 9.61. The van der Waals surface area contributed by atoms with Crippen LogP contribution in [0.4, 0.5) is 11.6 Å². The van der Waals surface area contributed by atoms with E-state index in [1.54, 1.807) is 21.7 Å². The van der Waals surface area contributed by atoms with Crippen molar-refractivity contribution >= 4 is 29.7 Å². The lowest BCUT2D eigenvalue weighted by Gasteiger charge is -2.00. The monoisotopic (exact) mass is 396 g/mol. The van der Waals surface area contributed by atoms with E-state index >= 15 is 0 Å². The lowest BCUT2D eigenvalue weighted by Crippen LogP contribution is -2.17. The van der Waals surface area contributed by atoms with Crippen LogP contribution >= 0.6 is 0 Å². The SMILES string of the molecule is CCn1cnc(N)c1C(N)=O.CCn1cnc(N=Cc2ccccc2)c1C(N)=O. The summed E-state index contributed by atoms with van der Waals surface area (Å²) < 4.78 is 3.29. The third-order valence-electron chi connectivity index (χ3n) is 3.97. The summed E-state index contributed by atoms with van der Waals surface area (Å²) in [5, 5.41) is 0. The number of hydrogen-bond donors (Lipinski definition) is 3. The summed E-state index contributed by atoms with van der Waals surface area (Å²) in [6.45, 7) is 5.07. The quantitative estimate of drug-likeness (QED) is 0.535. The first-order valence-corrected chi connectivity index (χ1v) is 8.93. The molecule has 10 nitrogen and oxygen atoms in total. The van der Waals surface area contributed by atoms with Crippen molar-refractivity contribution in [3.63, 3.8) is 0 Å². The molecule has 0 atom stereocenters. The number of amides is 2. The summed E-state index contributed by atoms with van der Waals surface area (Å²) in [6.07, 6.45) is 4.72. The van der Waals surface area contributed by atoms with E-state index in [0.717, 1.165) is 5.56 Å². The van der Waals surface area contributed by atoms with Crippen LogP contribution in [0.3, 0.4) is 0 Å². The third kappa shape index (κ3) is 5.28. The molecule has 0 unspecified atom stereocenters. The van der Waals surface area contributed by atoms with Crippen molar-refractivity contribution in [2.75, 3.05) is 5.73 Å². The molecule has 10 heteroatoms. The Labute approximate surface area is 168 Å². The standard InChI is InChI=1S/C13H14N4O.C6H10N4O/c1-2-17-9-16-13(11(17)12(14)18)15-8-10-6-4-3-5-7-10;1-2-10-3-9-5(7)4(10)6(8)11/h3-9H,2H2,1H3,(H2,14,18);3H,2,7H2,1H3,(H2,8,11). The fraction of sp³-hybridized carbons (Fsp3) is 0.211. The van der Waals surface area contributed by atoms with Gasteiger partial charge in [0.2, 0.25) is 0 Å². The first-order chi connectivity index (χ1) is 13.9. The van der Waals surface area contributed by atoms with Crippen LogP contribution in [0.5, 0.6) is 0 Å². The van der Waals surface area contributed by atoms with E-state index in [0.29, 0.717) is 24.6 Å². The number of benzene rings is 1. The van der Waals surface area contributed by atoms with Crippen LogP contribution < -0.4 is 17.2 Å². The molecule has 0 saturated heterocycles. The smallest absolute Gasteiger partial charge is 0.269 e. The average Bonchev–Trinajstić information content (AvgIpc) is 3.30. The zero-order valence-electron chi connectivity index (χ0n) is 16.3. The van der Waals surface area contributed by atoms with Crippen LogP contribution in [-0.2, 0) is 13.1 Å². The summed E-state index contributed by atoms with van der Waals surface area (Å²) in [5.74, 6) is -0.510. The van der Waals surface area contributed by atoms with Gasteiger partial charge >= 0.3 is 0 Å². The number of nitrogens with zero attached hydrogens (tertiary/aromatic N) is 5. The predicted octanol–water partition coefficient (Wildman–Crippen LogP) is 1.34. The highest BCUT2D eigenvalue weighted by atomic mass is 16.1. The molecule has 6 N–H and O–H groups in total. The lowest BCUT2D eigenvalue weighted by atomic mass is 10.2. The third-order valence-corrected chi connectivity index (χ3v) is 3.97. The Hall–Kier alpha value is -3.95. The molecule has 3 aromatic rings. The van der Waals surface area contributed by atoms with Crippen LogP contribution in [0.1, 0.15) is 40.4 Å². The minimum Gasteiger partial charge on any atom is -0.382 e. The van der Waals surface area contributed by atoms with E-state index < -0.39 is 11.8 Å². The number of aliphatic imine (C=N–C) groups is 1. The molecular formula is C19H24N8O2. The first-order valence-electron chi connectivity index (χ1n) is 8.93. The highest BCUT2D eigenvalue weighted by Gasteiger charge is 2.14. The molecule has 0 aliphatic heterocycles. The van der Waals surface area contributed by atoms with Crippen LogP contribution in [0.25, 0.3) is 0 Å². The molecule has 0 bridgehead atoms. The maximum atomic E-state index is 11.4. The van der Waals surface area contributed by atoms with Crippen molar-refractivity contribution in [1.82, 2.24) is 19.1 Å². The van der Waals surface area contributed by atoms with Crippen molar-refractivity contribution in [3.8, 4) is 0 Å². The Bertz CT molecular complexity index is 1000. The number of nitrogen functional groups attached to an aromatic ring is 1. The van der Waals surface area contributed by atoms with Gasteiger partial charge in [-0.05, 0) is 19.4 Å². The number of aryl methyl sites for hydroxylation is 2. The fourth-order valence-electron chi connectivity index (χ4n) is 2.54. The van der Waals surface area contributed by atoms with Crippen molar-refractivity contribution in [2.24, 2.45) is 16.5 Å². The largest absolute Gasteiger partial charge is 0.382 e. The molecule has 29 heavy (non-hydrogen) atoms. The van der Waals surface area contributed by atoms with E-state index in [4.69, 9.17) is 17.2 Å². The maximum Gasteiger partial charge on any atom is 0.269 e. The molecule has 3 rings (SSSR count). The molecule has 0 saturated carbocycles. The normalized spacial score (nSPS) is 10.6. The van der Waals surface area contributed by atoms with Gasteiger partial charge < -0.3 is 26.3 Å². The number of hydrogen-bond acceptors (Lipinski definition) is 6. The van der Waals surface area contributed by atoms with Crippen LogP contribution in [0, 0.1) is 0 Å². The van der Waals surface area contributed by atoms with E-state index in [1.807, 2.05) is 44.2 Å². The van der Waals surface area contributed by atoms with E-state index in [9.17, 15) is 9.59 Å². The number of nitrogens with two attached hydrogens (primary N) is 3. The number of rotatable bonds is 6. The summed E-state index contributed by atoms with van der Waals surface area (Å²) in [7, 11) is 0. The molecule has 2 amide bonds. The lowest BCUT2D eigenvalue weighted by molar-refractivity contribution is 0.0984. The molecule has 2 aromatic heterocycles. The minimum atomic E-state index is -0.540. The summed E-state index contributed by atoms with van der Waals surface area (Å²) in [4.78, 5) is 34.1. The second-order valence-corrected chi connectivity index (χ2v) is 5.86. The van der Waals surface area contributed by atoms with Crippen molar-refractivity contribution in [3.05, 3.63) is 59.9 Å². The number of carbonyl (C=O) groups excluding carboxylic acids is 2. The molecule has 1 aromatic carbocycles. The first kappa shape index (κ1) is 21.4. The van der Waals surface area contributed by atoms with Crippen LogP contribution in [0.15, 0.2) is 48.0 Å². The van der Waals surface area contributed by atoms with Gasteiger partial charge in [0.25, 0.3) is 11.8 Å². The highest BCUT2D eigenvalue weighted by Crippen LogP contribution is 2.16. The second kappa shape index (κ2) is 9.83. The molecular weight excluding hydrogens is 372 g/mol. The molecule has 152 valence electrons. The molecule has 0 fully saturated rings. The van der Waals surface area contributed by atoms with Gasteiger partial charge in [-0.2, -0.15) is 0 Å². The summed E-state index contributed by atoms with van der Waals surface area (Å²) in [5.41, 5.74) is 17.3. The number of aromatic nitrogens is 4. The van der Waals surface area contributed by atoms with E-state index in [-0.39, 0.29) is 11.5 Å². The fourth-order valence-corrected chi connectivity index (χ4v) is 2.54. The Morgan fingerprint density at radius 1 is 0.966 bits per heavy atom. The minimum absolute atomic E-state index is 0.194. The average molecular weight is 396 g/mol. The Morgan fingerprint density at radius 3 is 2.03 bits per heavy atom. The van der Waals surface area contributed by atoms with Gasteiger partial charge in [-0.25, -0.2) is 15.0 Å². The number of imidazole rings is 2. The van der Waals surface area contributed by atoms with Crippen LogP contribution in [0.2, 0.25) is 0 Å². The Balaban J connectivity index is 0.000000234. The predicted molar refractivity (Wildman–Crippen MR) is 111 cm³/mol. The van der Waals surface area contributed by atoms with Gasteiger partial charge in [-0.1, -0.05) is 30.3 Å². The number of anilines is 1. The van der Waals surface area contributed by atoms with Crippen molar-refractivity contribution in [2.45, 2.75) is 26.9 Å². The van der Waals surface area contributed by atoms with Gasteiger partial charge in [0.05, 0.1) is 12.7 Å². The molecule has 2 heterocycles. The maximum absolute atomic E-state index is 11.4. The second-order valence-electron chi connectivity index (χ2n) is 5.86. The van der Waals surface area contributed by atoms with Gasteiger partial charge in [0.1, 0.15) is 0 Å². The highest BCUT2D eigenvalue weighted by molar-refractivity contribution is 5.96. The zero-order valence-corrected chi connectivity index (χ0v) is 16.3. The molecule has 0 spiro atoms. The van der Waals surface area contributed by atoms with Gasteiger partial charge in [-0.15, -0.1) is 0 Å². The Morgan fingerprint density at radius 2 is 1.52 bits per heavy atom. The van der Waals surface area contributed by atoms with Crippen LogP contribution in [-0.4, -0.2) is 37.1 Å². The van der Waals surface area contributed by atoms with Crippen molar-refractivity contribution in [1.29, 1.82) is 0 Å². The molecule has 0 aliphatic carbocycles. The Kier molecular flexibility index (Phi) is 7.24. The van der Waals surface area contributed by atoms with Gasteiger partial charge in [0, 0.05) is 19.3 Å². The van der Waals surface area contributed by atoms with E-state index in [2.05, 4.69) is 15.0 Å². The van der Waals surface area contributed by atoms with Crippen molar-refractivity contribution < 1.29 is 9.59 Å². The van der Waals surface area contributed by atoms with Gasteiger partial charge in [0.15, 0.2) is 23.0 Å². The van der Waals surface area contributed by atoms with Gasteiger partial charge in [-0.3, -0.25) is 9.59 Å². The number of carbonyl (C=O) groups is 2. The molecule has 0 aliphatic rings. The number of primary amides is 2. The van der Waals surface area contributed by atoms with E-state index in [1.165, 1.54) is 6.33 Å².